The van der Waals surface area contributed by atoms with Crippen molar-refractivity contribution in [1.29, 1.82) is 0 Å². The topological polar surface area (TPSA) is 53.9 Å². The minimum absolute atomic E-state index is 0.396. The van der Waals surface area contributed by atoms with Gasteiger partial charge in [0.2, 0.25) is 0 Å². The lowest BCUT2D eigenvalue weighted by molar-refractivity contribution is 0.0650. The predicted octanol–water partition coefficient (Wildman–Crippen LogP) is 0.897. The lowest BCUT2D eigenvalue weighted by atomic mass is 10.2. The van der Waals surface area contributed by atoms with Gasteiger partial charge in [0.1, 0.15) is 0 Å². The molecule has 5 heteroatoms. The zero-order valence-electron chi connectivity index (χ0n) is 9.89. The van der Waals surface area contributed by atoms with E-state index in [1.807, 2.05) is 18.0 Å². The minimum atomic E-state index is -0.400. The molecule has 94 valence electrons. The molecule has 0 amide bonds. The lowest BCUT2D eigenvalue weighted by Crippen LogP contribution is -2.31. The van der Waals surface area contributed by atoms with E-state index in [1.165, 1.54) is 12.8 Å². The van der Waals surface area contributed by atoms with Crippen molar-refractivity contribution in [3.05, 3.63) is 0 Å². The third-order valence-corrected chi connectivity index (χ3v) is 3.57. The van der Waals surface area contributed by atoms with Crippen LogP contribution in [0.5, 0.6) is 0 Å². The molecule has 0 saturated heterocycles. The summed E-state index contributed by atoms with van der Waals surface area (Å²) in [5.74, 6) is 1.04. The van der Waals surface area contributed by atoms with Gasteiger partial charge in [-0.2, -0.15) is 0 Å². The van der Waals surface area contributed by atoms with Crippen LogP contribution in [0.2, 0.25) is 0 Å². The van der Waals surface area contributed by atoms with Gasteiger partial charge < -0.3 is 15.2 Å². The van der Waals surface area contributed by atoms with E-state index in [0.29, 0.717) is 18.5 Å². The highest BCUT2D eigenvalue weighted by Gasteiger charge is 2.09. The molecule has 0 saturated carbocycles. The number of hydrogen-bond donors (Lipinski definition) is 2. The molecule has 1 heterocycles. The SMILES string of the molecule is COCC(O)CNCCSC1CCCC=N1. The number of nitrogens with zero attached hydrogens (tertiary/aromatic N) is 1. The maximum absolute atomic E-state index is 9.38. The molecule has 1 aliphatic rings. The van der Waals surface area contributed by atoms with E-state index in [0.717, 1.165) is 18.7 Å². The maximum atomic E-state index is 9.38. The minimum Gasteiger partial charge on any atom is -0.389 e. The summed E-state index contributed by atoms with van der Waals surface area (Å²) in [6.07, 6.45) is 5.24. The van der Waals surface area contributed by atoms with Crippen molar-refractivity contribution in [2.24, 2.45) is 4.99 Å². The molecule has 2 unspecified atom stereocenters. The number of aliphatic imine (C=N–C) groups is 1. The molecule has 0 fully saturated rings. The van der Waals surface area contributed by atoms with Crippen molar-refractivity contribution < 1.29 is 9.84 Å². The van der Waals surface area contributed by atoms with Gasteiger partial charge in [0.25, 0.3) is 0 Å². The van der Waals surface area contributed by atoms with Crippen LogP contribution in [0.25, 0.3) is 0 Å². The standard InChI is InChI=1S/C11H22N2O2S/c1-15-9-10(14)8-12-6-7-16-11-4-2-3-5-13-11/h5,10-12,14H,2-4,6-9H2,1H3. The lowest BCUT2D eigenvalue weighted by Gasteiger charge is -2.15. The Kier molecular flexibility index (Phi) is 7.84. The summed E-state index contributed by atoms with van der Waals surface area (Å²) in [4.78, 5) is 4.43. The van der Waals surface area contributed by atoms with Crippen LogP contribution in [-0.4, -0.2) is 55.4 Å². The van der Waals surface area contributed by atoms with Gasteiger partial charge in [0, 0.05) is 32.2 Å². The molecule has 2 N–H and O–H groups in total. The zero-order chi connectivity index (χ0) is 11.6. The quantitative estimate of drug-likeness (QED) is 0.625. The van der Waals surface area contributed by atoms with Gasteiger partial charge >= 0.3 is 0 Å². The molecule has 1 rings (SSSR count). The van der Waals surface area contributed by atoms with E-state index in [2.05, 4.69) is 10.3 Å². The van der Waals surface area contributed by atoms with Crippen LogP contribution in [0.3, 0.4) is 0 Å². The van der Waals surface area contributed by atoms with Gasteiger partial charge in [0.05, 0.1) is 18.1 Å². The number of aliphatic hydroxyl groups is 1. The molecular weight excluding hydrogens is 224 g/mol. The summed E-state index contributed by atoms with van der Waals surface area (Å²) in [5, 5.41) is 13.0. The van der Waals surface area contributed by atoms with Crippen LogP contribution in [0.1, 0.15) is 19.3 Å². The van der Waals surface area contributed by atoms with Gasteiger partial charge in [-0.1, -0.05) is 0 Å². The Hall–Kier alpha value is -0.100. The largest absolute Gasteiger partial charge is 0.389 e. The predicted molar refractivity (Wildman–Crippen MR) is 69.3 cm³/mol. The van der Waals surface area contributed by atoms with Crippen molar-refractivity contribution in [2.75, 3.05) is 32.6 Å². The maximum Gasteiger partial charge on any atom is 0.0948 e. The molecule has 0 radical (unpaired) electrons. The molecule has 0 aromatic rings. The highest BCUT2D eigenvalue weighted by atomic mass is 32.2. The van der Waals surface area contributed by atoms with E-state index in [-0.39, 0.29) is 0 Å². The van der Waals surface area contributed by atoms with E-state index < -0.39 is 6.10 Å². The second-order valence-corrected chi connectivity index (χ2v) is 5.19. The van der Waals surface area contributed by atoms with Crippen LogP contribution in [0.4, 0.5) is 0 Å². The van der Waals surface area contributed by atoms with Crippen LogP contribution in [-0.2, 0) is 4.74 Å². The highest BCUT2D eigenvalue weighted by Crippen LogP contribution is 2.20. The molecule has 2 atom stereocenters. The Bertz CT molecular complexity index is 202. The summed E-state index contributed by atoms with van der Waals surface area (Å²) < 4.78 is 4.84. The van der Waals surface area contributed by atoms with Crippen molar-refractivity contribution in [3.63, 3.8) is 0 Å². The molecule has 1 aliphatic heterocycles. The second-order valence-electron chi connectivity index (χ2n) is 3.90. The Morgan fingerprint density at radius 3 is 3.25 bits per heavy atom. The molecular formula is C11H22N2O2S. The van der Waals surface area contributed by atoms with Crippen molar-refractivity contribution in [3.8, 4) is 0 Å². The fraction of sp³-hybridized carbons (Fsp3) is 0.909. The van der Waals surface area contributed by atoms with Gasteiger partial charge in [-0.05, 0) is 19.3 Å². The number of hydrogen-bond acceptors (Lipinski definition) is 5. The van der Waals surface area contributed by atoms with Gasteiger partial charge in [-0.15, -0.1) is 11.8 Å². The van der Waals surface area contributed by atoms with Gasteiger partial charge in [-0.25, -0.2) is 0 Å². The molecule has 4 nitrogen and oxygen atoms in total. The van der Waals surface area contributed by atoms with Crippen molar-refractivity contribution >= 4 is 18.0 Å². The number of nitrogens with one attached hydrogen (secondary N) is 1. The molecule has 0 spiro atoms. The molecule has 0 bridgehead atoms. The fourth-order valence-corrected chi connectivity index (χ4v) is 2.60. The fourth-order valence-electron chi connectivity index (χ4n) is 1.56. The summed E-state index contributed by atoms with van der Waals surface area (Å²) >= 11 is 1.89. The number of aliphatic hydroxyl groups excluding tert-OH is 1. The second kappa shape index (κ2) is 8.98. The van der Waals surface area contributed by atoms with E-state index in [9.17, 15) is 5.11 Å². The van der Waals surface area contributed by atoms with Crippen LogP contribution >= 0.6 is 11.8 Å². The summed E-state index contributed by atoms with van der Waals surface area (Å²) in [6, 6.07) is 0. The summed E-state index contributed by atoms with van der Waals surface area (Å²) in [5.41, 5.74) is 0. The van der Waals surface area contributed by atoms with Crippen LogP contribution < -0.4 is 5.32 Å². The first-order chi connectivity index (χ1) is 7.83. The average molecular weight is 246 g/mol. The Labute approximate surface area is 102 Å². The Morgan fingerprint density at radius 1 is 1.69 bits per heavy atom. The molecule has 0 aromatic heterocycles. The third kappa shape index (κ3) is 6.48. The van der Waals surface area contributed by atoms with Gasteiger partial charge in [0.15, 0.2) is 0 Å². The first-order valence-corrected chi connectivity index (χ1v) is 6.88. The number of methoxy groups -OCH3 is 1. The zero-order valence-corrected chi connectivity index (χ0v) is 10.7. The smallest absolute Gasteiger partial charge is 0.0948 e. The van der Waals surface area contributed by atoms with E-state index in [4.69, 9.17) is 4.74 Å². The number of thioether (sulfide) groups is 1. The average Bonchev–Trinajstić information content (AvgIpc) is 2.30. The molecule has 16 heavy (non-hydrogen) atoms. The van der Waals surface area contributed by atoms with Gasteiger partial charge in [-0.3, -0.25) is 4.99 Å². The van der Waals surface area contributed by atoms with E-state index in [1.54, 1.807) is 7.11 Å². The van der Waals surface area contributed by atoms with E-state index >= 15 is 0 Å². The third-order valence-electron chi connectivity index (χ3n) is 2.38. The number of ether oxygens (including phenoxy) is 1. The highest BCUT2D eigenvalue weighted by molar-refractivity contribution is 7.99. The van der Waals surface area contributed by atoms with Crippen molar-refractivity contribution in [1.82, 2.24) is 5.32 Å². The van der Waals surface area contributed by atoms with Crippen LogP contribution in [0, 0.1) is 0 Å². The van der Waals surface area contributed by atoms with Crippen molar-refractivity contribution in [2.45, 2.75) is 30.7 Å². The Balaban J connectivity index is 1.91. The van der Waals surface area contributed by atoms with Crippen LogP contribution in [0.15, 0.2) is 4.99 Å². The first kappa shape index (κ1) is 14.0. The molecule has 0 aliphatic carbocycles. The first-order valence-electron chi connectivity index (χ1n) is 5.84. The normalized spacial score (nSPS) is 22.2. The molecule has 0 aromatic carbocycles. The Morgan fingerprint density at radius 2 is 2.56 bits per heavy atom. The monoisotopic (exact) mass is 246 g/mol. The number of rotatable bonds is 8. The summed E-state index contributed by atoms with van der Waals surface area (Å²) in [6.45, 7) is 1.91. The summed E-state index contributed by atoms with van der Waals surface area (Å²) in [7, 11) is 1.60.